The van der Waals surface area contributed by atoms with Gasteiger partial charge in [-0.25, -0.2) is 0 Å². The maximum Gasteiger partial charge on any atom is 0.416 e. The third kappa shape index (κ3) is 4.89. The van der Waals surface area contributed by atoms with Gasteiger partial charge < -0.3 is 14.8 Å². The van der Waals surface area contributed by atoms with Gasteiger partial charge in [0.05, 0.1) is 19.8 Å². The summed E-state index contributed by atoms with van der Waals surface area (Å²) in [5.41, 5.74) is 1.28. The fraction of sp³-hybridized carbons (Fsp3) is 0.333. The quantitative estimate of drug-likeness (QED) is 0.772. The first-order valence-corrected chi connectivity index (χ1v) is 7.52. The zero-order chi connectivity index (χ0) is 17.6. The summed E-state index contributed by atoms with van der Waals surface area (Å²) in [5, 5.41) is 3.22. The summed E-state index contributed by atoms with van der Waals surface area (Å²) in [6, 6.07) is 10.9. The van der Waals surface area contributed by atoms with Crippen molar-refractivity contribution in [3.05, 3.63) is 59.2 Å². The Hall–Kier alpha value is -2.21. The van der Waals surface area contributed by atoms with Gasteiger partial charge in [0.2, 0.25) is 0 Å². The van der Waals surface area contributed by atoms with Crippen LogP contribution in [0.15, 0.2) is 42.5 Å². The van der Waals surface area contributed by atoms with Crippen LogP contribution in [0.4, 0.5) is 13.2 Å². The first-order valence-electron chi connectivity index (χ1n) is 7.52. The van der Waals surface area contributed by atoms with Crippen LogP contribution in [0.1, 0.15) is 16.7 Å². The van der Waals surface area contributed by atoms with Crippen molar-refractivity contribution >= 4 is 0 Å². The summed E-state index contributed by atoms with van der Waals surface area (Å²) in [6.07, 6.45) is -3.51. The highest BCUT2D eigenvalue weighted by Crippen LogP contribution is 2.29. The molecule has 0 bridgehead atoms. The minimum Gasteiger partial charge on any atom is -0.493 e. The Kier molecular flexibility index (Phi) is 6.09. The normalized spacial score (nSPS) is 11.4. The van der Waals surface area contributed by atoms with Crippen LogP contribution in [0.3, 0.4) is 0 Å². The minimum absolute atomic E-state index is 0.519. The van der Waals surface area contributed by atoms with Gasteiger partial charge in [0.25, 0.3) is 0 Å². The smallest absolute Gasteiger partial charge is 0.416 e. The predicted octanol–water partition coefficient (Wildman–Crippen LogP) is 4.05. The number of hydrogen-bond acceptors (Lipinski definition) is 3. The van der Waals surface area contributed by atoms with Gasteiger partial charge in [0.1, 0.15) is 0 Å². The van der Waals surface area contributed by atoms with Crippen molar-refractivity contribution in [2.75, 3.05) is 20.8 Å². The van der Waals surface area contributed by atoms with Gasteiger partial charge in [-0.2, -0.15) is 13.2 Å². The Labute approximate surface area is 139 Å². The molecule has 24 heavy (non-hydrogen) atoms. The van der Waals surface area contributed by atoms with Crippen molar-refractivity contribution in [3.63, 3.8) is 0 Å². The van der Waals surface area contributed by atoms with E-state index < -0.39 is 11.7 Å². The Morgan fingerprint density at radius 2 is 1.50 bits per heavy atom. The number of rotatable bonds is 7. The first kappa shape index (κ1) is 18.1. The topological polar surface area (TPSA) is 30.5 Å². The molecule has 0 spiro atoms. The van der Waals surface area contributed by atoms with Crippen LogP contribution < -0.4 is 14.8 Å². The maximum atomic E-state index is 12.5. The lowest BCUT2D eigenvalue weighted by Gasteiger charge is -2.10. The molecule has 1 N–H and O–H groups in total. The summed E-state index contributed by atoms with van der Waals surface area (Å²) in [5.74, 6) is 1.36. The number of methoxy groups -OCH3 is 2. The second-order valence-electron chi connectivity index (χ2n) is 5.31. The van der Waals surface area contributed by atoms with E-state index in [1.54, 1.807) is 14.2 Å². The monoisotopic (exact) mass is 339 g/mol. The SMILES string of the molecule is COc1ccc(CCNCc2ccc(C(F)(F)F)cc2)cc1OC. The van der Waals surface area contributed by atoms with Crippen molar-refractivity contribution in [3.8, 4) is 11.5 Å². The van der Waals surface area contributed by atoms with Crippen LogP contribution in [0.5, 0.6) is 11.5 Å². The van der Waals surface area contributed by atoms with Gasteiger partial charge in [0, 0.05) is 6.54 Å². The van der Waals surface area contributed by atoms with Gasteiger partial charge in [-0.1, -0.05) is 18.2 Å². The first-order chi connectivity index (χ1) is 11.4. The average molecular weight is 339 g/mol. The van der Waals surface area contributed by atoms with E-state index >= 15 is 0 Å². The van der Waals surface area contributed by atoms with Crippen LogP contribution in [-0.4, -0.2) is 20.8 Å². The molecular formula is C18H20F3NO2. The molecule has 3 nitrogen and oxygen atoms in total. The molecule has 130 valence electrons. The molecule has 6 heteroatoms. The lowest BCUT2D eigenvalue weighted by Crippen LogP contribution is -2.17. The number of ether oxygens (including phenoxy) is 2. The van der Waals surface area contributed by atoms with Crippen molar-refractivity contribution in [1.82, 2.24) is 5.32 Å². The Balaban J connectivity index is 1.83. The van der Waals surface area contributed by atoms with Crippen molar-refractivity contribution < 1.29 is 22.6 Å². The van der Waals surface area contributed by atoms with Crippen molar-refractivity contribution in [2.45, 2.75) is 19.1 Å². The number of halogens is 3. The fourth-order valence-electron chi connectivity index (χ4n) is 2.31. The maximum absolute atomic E-state index is 12.5. The standard InChI is InChI=1S/C18H20F3NO2/c1-23-16-8-5-13(11-17(16)24-2)9-10-22-12-14-3-6-15(7-4-14)18(19,20)21/h3-8,11,22H,9-10,12H2,1-2H3. The zero-order valence-corrected chi connectivity index (χ0v) is 13.6. The Bertz CT molecular complexity index is 654. The molecule has 0 unspecified atom stereocenters. The predicted molar refractivity (Wildman–Crippen MR) is 86.4 cm³/mol. The summed E-state index contributed by atoms with van der Waals surface area (Å²) >= 11 is 0. The van der Waals surface area contributed by atoms with E-state index in [1.165, 1.54) is 12.1 Å². The van der Waals surface area contributed by atoms with Crippen molar-refractivity contribution in [1.29, 1.82) is 0 Å². The molecule has 0 heterocycles. The highest BCUT2D eigenvalue weighted by Gasteiger charge is 2.29. The zero-order valence-electron chi connectivity index (χ0n) is 13.6. The molecule has 0 fully saturated rings. The van der Waals surface area contributed by atoms with E-state index in [0.717, 1.165) is 29.7 Å². The van der Waals surface area contributed by atoms with Gasteiger partial charge in [-0.15, -0.1) is 0 Å². The Morgan fingerprint density at radius 1 is 0.875 bits per heavy atom. The molecule has 0 aliphatic rings. The minimum atomic E-state index is -4.29. The van der Waals surface area contributed by atoms with E-state index in [4.69, 9.17) is 9.47 Å². The van der Waals surface area contributed by atoms with E-state index in [0.29, 0.717) is 24.6 Å². The van der Waals surface area contributed by atoms with Gasteiger partial charge >= 0.3 is 6.18 Å². The van der Waals surface area contributed by atoms with E-state index in [2.05, 4.69) is 5.32 Å². The molecule has 0 saturated heterocycles. The van der Waals surface area contributed by atoms with Crippen LogP contribution in [0, 0.1) is 0 Å². The summed E-state index contributed by atoms with van der Waals surface area (Å²) in [6.45, 7) is 1.22. The van der Waals surface area contributed by atoms with Gasteiger partial charge in [-0.3, -0.25) is 0 Å². The lowest BCUT2D eigenvalue weighted by atomic mass is 10.1. The molecule has 2 aromatic carbocycles. The summed E-state index contributed by atoms with van der Waals surface area (Å²) < 4.78 is 47.9. The van der Waals surface area contributed by atoms with Gasteiger partial charge in [0.15, 0.2) is 11.5 Å². The highest BCUT2D eigenvalue weighted by molar-refractivity contribution is 5.42. The van der Waals surface area contributed by atoms with Crippen molar-refractivity contribution in [2.24, 2.45) is 0 Å². The molecule has 0 aromatic heterocycles. The second-order valence-corrected chi connectivity index (χ2v) is 5.31. The Morgan fingerprint density at radius 3 is 2.08 bits per heavy atom. The highest BCUT2D eigenvalue weighted by atomic mass is 19.4. The average Bonchev–Trinajstić information content (AvgIpc) is 2.58. The molecule has 0 amide bonds. The second kappa shape index (κ2) is 8.06. The van der Waals surface area contributed by atoms with E-state index in [9.17, 15) is 13.2 Å². The molecule has 2 rings (SSSR count). The molecule has 0 atom stereocenters. The molecule has 0 saturated carbocycles. The molecule has 0 radical (unpaired) electrons. The van der Waals surface area contributed by atoms with E-state index in [1.807, 2.05) is 18.2 Å². The molecule has 2 aromatic rings. The van der Waals surface area contributed by atoms with Crippen LogP contribution in [-0.2, 0) is 19.1 Å². The number of hydrogen-bond donors (Lipinski definition) is 1. The fourth-order valence-corrected chi connectivity index (χ4v) is 2.31. The van der Waals surface area contributed by atoms with Crippen LogP contribution in [0.25, 0.3) is 0 Å². The largest absolute Gasteiger partial charge is 0.493 e. The number of alkyl halides is 3. The molecule has 0 aliphatic carbocycles. The lowest BCUT2D eigenvalue weighted by molar-refractivity contribution is -0.137. The van der Waals surface area contributed by atoms with E-state index in [-0.39, 0.29) is 0 Å². The number of nitrogens with one attached hydrogen (secondary N) is 1. The summed E-state index contributed by atoms with van der Waals surface area (Å²) in [7, 11) is 3.17. The third-order valence-corrected chi connectivity index (χ3v) is 3.65. The van der Waals surface area contributed by atoms with Gasteiger partial charge in [-0.05, 0) is 48.4 Å². The molecule has 0 aliphatic heterocycles. The number of benzene rings is 2. The summed E-state index contributed by atoms with van der Waals surface area (Å²) in [4.78, 5) is 0. The van der Waals surface area contributed by atoms with Crippen LogP contribution >= 0.6 is 0 Å². The van der Waals surface area contributed by atoms with Crippen LogP contribution in [0.2, 0.25) is 0 Å². The third-order valence-electron chi connectivity index (χ3n) is 3.65. The molecular weight excluding hydrogens is 319 g/mol.